The number of sulfonamides is 1. The van der Waals surface area contributed by atoms with Gasteiger partial charge in [0.05, 0.1) is 6.42 Å². The zero-order chi connectivity index (χ0) is 20.7. The van der Waals surface area contributed by atoms with Gasteiger partial charge in [0.25, 0.3) is 5.91 Å². The van der Waals surface area contributed by atoms with Gasteiger partial charge >= 0.3 is 5.97 Å². The number of carbonyl (C=O) groups excluding carboxylic acids is 3. The van der Waals surface area contributed by atoms with Crippen molar-refractivity contribution in [3.05, 3.63) is 47.3 Å². The predicted octanol–water partition coefficient (Wildman–Crippen LogP) is 2.19. The molecule has 1 amide bonds. The lowest BCUT2D eigenvalue weighted by molar-refractivity contribution is -0.152. The van der Waals surface area contributed by atoms with Crippen LogP contribution in [0.2, 0.25) is 0 Å². The molecule has 0 aliphatic rings. The zero-order valence-corrected chi connectivity index (χ0v) is 16.9. The van der Waals surface area contributed by atoms with E-state index in [1.54, 1.807) is 35.7 Å². The Bertz CT molecular complexity index is 937. The highest BCUT2D eigenvalue weighted by Gasteiger charge is 2.19. The first-order valence-electron chi connectivity index (χ1n) is 8.33. The molecule has 28 heavy (non-hydrogen) atoms. The summed E-state index contributed by atoms with van der Waals surface area (Å²) in [6.45, 7) is 2.71. The van der Waals surface area contributed by atoms with Crippen LogP contribution in [0.3, 0.4) is 0 Å². The molecule has 1 unspecified atom stereocenters. The number of ketones is 1. The Morgan fingerprint density at radius 2 is 1.82 bits per heavy atom. The second kappa shape index (κ2) is 9.58. The van der Waals surface area contributed by atoms with E-state index in [1.165, 1.54) is 19.9 Å². The van der Waals surface area contributed by atoms with Gasteiger partial charge in [-0.05, 0) is 49.6 Å². The van der Waals surface area contributed by atoms with E-state index in [1.807, 2.05) is 0 Å². The van der Waals surface area contributed by atoms with Crippen LogP contribution in [0.15, 0.2) is 46.0 Å². The molecule has 0 aliphatic heterocycles. The van der Waals surface area contributed by atoms with Gasteiger partial charge in [0.1, 0.15) is 4.21 Å². The van der Waals surface area contributed by atoms with Crippen molar-refractivity contribution in [3.63, 3.8) is 0 Å². The van der Waals surface area contributed by atoms with E-state index in [0.717, 1.165) is 11.3 Å². The van der Waals surface area contributed by atoms with Gasteiger partial charge in [-0.25, -0.2) is 13.1 Å². The van der Waals surface area contributed by atoms with Crippen LogP contribution >= 0.6 is 11.3 Å². The van der Waals surface area contributed by atoms with Gasteiger partial charge in [-0.2, -0.15) is 0 Å². The molecule has 8 nitrogen and oxygen atoms in total. The normalized spacial score (nSPS) is 12.2. The third kappa shape index (κ3) is 6.25. The lowest BCUT2D eigenvalue weighted by Gasteiger charge is -2.14. The molecule has 0 spiro atoms. The van der Waals surface area contributed by atoms with Crippen molar-refractivity contribution in [2.24, 2.45) is 0 Å². The molecule has 1 aromatic heterocycles. The van der Waals surface area contributed by atoms with E-state index in [4.69, 9.17) is 4.74 Å². The average molecular weight is 425 g/mol. The first-order chi connectivity index (χ1) is 13.2. The molecule has 0 fully saturated rings. The SMILES string of the molecule is CC(=O)c1ccc(NC(=O)C(C)OC(=O)CCNS(=O)(=O)c2cccs2)cc1. The molecule has 1 heterocycles. The van der Waals surface area contributed by atoms with Crippen LogP contribution in [-0.4, -0.2) is 38.7 Å². The van der Waals surface area contributed by atoms with Gasteiger partial charge in [0.15, 0.2) is 11.9 Å². The quantitative estimate of drug-likeness (QED) is 0.470. The third-order valence-electron chi connectivity index (χ3n) is 3.62. The number of rotatable bonds is 9. The summed E-state index contributed by atoms with van der Waals surface area (Å²) in [6.07, 6.45) is -1.27. The number of thiophene rings is 1. The van der Waals surface area contributed by atoms with Gasteiger partial charge in [-0.1, -0.05) is 6.07 Å². The van der Waals surface area contributed by atoms with Crippen LogP contribution in [-0.2, 0) is 24.3 Å². The molecule has 2 rings (SSSR count). The minimum atomic E-state index is -3.65. The standard InChI is InChI=1S/C18H20N2O6S2/c1-12(21)14-5-7-15(8-6-14)20-18(23)13(2)26-16(22)9-10-19-28(24,25)17-4-3-11-27-17/h3-8,11,13,19H,9-10H2,1-2H3,(H,20,23). The molecule has 0 saturated carbocycles. The largest absolute Gasteiger partial charge is 0.452 e. The van der Waals surface area contributed by atoms with Gasteiger partial charge in [0, 0.05) is 17.8 Å². The Morgan fingerprint density at radius 3 is 2.39 bits per heavy atom. The van der Waals surface area contributed by atoms with Crippen molar-refractivity contribution in [3.8, 4) is 0 Å². The van der Waals surface area contributed by atoms with E-state index < -0.39 is 28.0 Å². The monoisotopic (exact) mass is 424 g/mol. The van der Waals surface area contributed by atoms with Crippen molar-refractivity contribution in [1.29, 1.82) is 0 Å². The molecule has 2 aromatic rings. The maximum Gasteiger partial charge on any atom is 0.307 e. The third-order valence-corrected chi connectivity index (χ3v) is 6.48. The van der Waals surface area contributed by atoms with Crippen LogP contribution in [0.25, 0.3) is 0 Å². The van der Waals surface area contributed by atoms with Gasteiger partial charge in [-0.3, -0.25) is 14.4 Å². The number of benzene rings is 1. The highest BCUT2D eigenvalue weighted by molar-refractivity contribution is 7.91. The summed E-state index contributed by atoms with van der Waals surface area (Å²) in [4.78, 5) is 35.2. The number of carbonyl (C=O) groups is 3. The van der Waals surface area contributed by atoms with E-state index >= 15 is 0 Å². The van der Waals surface area contributed by atoms with Crippen LogP contribution in [0.5, 0.6) is 0 Å². The molecule has 0 aliphatic carbocycles. The number of anilines is 1. The van der Waals surface area contributed by atoms with Crippen LogP contribution in [0, 0.1) is 0 Å². The Labute approximate surface area is 167 Å². The van der Waals surface area contributed by atoms with Crippen molar-refractivity contribution in [2.75, 3.05) is 11.9 Å². The summed E-state index contributed by atoms with van der Waals surface area (Å²) in [5, 5.41) is 4.21. The minimum Gasteiger partial charge on any atom is -0.452 e. The van der Waals surface area contributed by atoms with Crippen molar-refractivity contribution in [2.45, 2.75) is 30.6 Å². The Balaban J connectivity index is 1.78. The molecule has 10 heteroatoms. The molecule has 1 aromatic carbocycles. The second-order valence-corrected chi connectivity index (χ2v) is 8.78. The van der Waals surface area contributed by atoms with Crippen molar-refractivity contribution < 1.29 is 27.5 Å². The first kappa shape index (κ1) is 21.7. The maximum atomic E-state index is 12.1. The van der Waals surface area contributed by atoms with Gasteiger partial charge in [-0.15, -0.1) is 11.3 Å². The number of nitrogens with one attached hydrogen (secondary N) is 2. The Hall–Kier alpha value is -2.56. The minimum absolute atomic E-state index is 0.0881. The topological polar surface area (TPSA) is 119 Å². The molecule has 0 saturated heterocycles. The molecular formula is C18H20N2O6S2. The molecule has 1 atom stereocenters. The molecule has 0 bridgehead atoms. The average Bonchev–Trinajstić information content (AvgIpc) is 3.17. The summed E-state index contributed by atoms with van der Waals surface area (Å²) in [7, 11) is -3.65. The number of hydrogen-bond acceptors (Lipinski definition) is 7. The van der Waals surface area contributed by atoms with Gasteiger partial charge in [0.2, 0.25) is 10.0 Å². The molecule has 0 radical (unpaired) electrons. The van der Waals surface area contributed by atoms with Gasteiger partial charge < -0.3 is 10.1 Å². The second-order valence-electron chi connectivity index (χ2n) is 5.83. The fourth-order valence-electron chi connectivity index (χ4n) is 2.12. The van der Waals surface area contributed by atoms with Crippen molar-refractivity contribution >= 4 is 44.7 Å². The van der Waals surface area contributed by atoms with E-state index in [0.29, 0.717) is 11.3 Å². The smallest absolute Gasteiger partial charge is 0.307 e. The lowest BCUT2D eigenvalue weighted by Crippen LogP contribution is -2.32. The molecular weight excluding hydrogens is 404 g/mol. The van der Waals surface area contributed by atoms with Crippen LogP contribution in [0.4, 0.5) is 5.69 Å². The lowest BCUT2D eigenvalue weighted by atomic mass is 10.1. The Kier molecular flexibility index (Phi) is 7.44. The maximum absolute atomic E-state index is 12.1. The number of amides is 1. The van der Waals surface area contributed by atoms with Crippen molar-refractivity contribution in [1.82, 2.24) is 4.72 Å². The summed E-state index contributed by atoms with van der Waals surface area (Å²) >= 11 is 1.07. The number of hydrogen-bond donors (Lipinski definition) is 2. The van der Waals surface area contributed by atoms with Crippen LogP contribution in [0.1, 0.15) is 30.6 Å². The van der Waals surface area contributed by atoms with Crippen LogP contribution < -0.4 is 10.0 Å². The fraction of sp³-hybridized carbons (Fsp3) is 0.278. The van der Waals surface area contributed by atoms with E-state index in [9.17, 15) is 22.8 Å². The van der Waals surface area contributed by atoms with E-state index in [-0.39, 0.29) is 23.0 Å². The number of Topliss-reactive ketones (excluding diaryl/α,β-unsaturated/α-hetero) is 1. The number of ether oxygens (including phenoxy) is 1. The summed E-state index contributed by atoms with van der Waals surface area (Å²) in [5.74, 6) is -1.33. The highest BCUT2D eigenvalue weighted by atomic mass is 32.2. The molecule has 2 N–H and O–H groups in total. The molecule has 150 valence electrons. The highest BCUT2D eigenvalue weighted by Crippen LogP contribution is 2.15. The zero-order valence-electron chi connectivity index (χ0n) is 15.3. The fourth-order valence-corrected chi connectivity index (χ4v) is 4.19. The summed E-state index contributed by atoms with van der Waals surface area (Å²) in [6, 6.07) is 9.37. The Morgan fingerprint density at radius 1 is 1.14 bits per heavy atom. The predicted molar refractivity (Wildman–Crippen MR) is 105 cm³/mol. The van der Waals surface area contributed by atoms with E-state index in [2.05, 4.69) is 10.0 Å². The summed E-state index contributed by atoms with van der Waals surface area (Å²) < 4.78 is 31.3. The first-order valence-corrected chi connectivity index (χ1v) is 10.7. The summed E-state index contributed by atoms with van der Waals surface area (Å²) in [5.41, 5.74) is 0.976. The number of esters is 1.